The maximum Gasteiger partial charge on any atom is 0.246 e. The first-order chi connectivity index (χ1) is 9.64. The monoisotopic (exact) mass is 319 g/mol. The van der Waals surface area contributed by atoms with Crippen molar-refractivity contribution in [2.24, 2.45) is 5.92 Å². The number of hydrogen-bond acceptors (Lipinski definition) is 4. The molecule has 2 rings (SSSR count). The summed E-state index contributed by atoms with van der Waals surface area (Å²) < 4.78 is 53.3. The SMILES string of the molecule is CC1CN(S(=O)(=O)c2cc(N)c(F)cc2F)CC1N(C)C. The average molecular weight is 319 g/mol. The van der Waals surface area contributed by atoms with E-state index in [1.165, 1.54) is 4.31 Å². The quantitative estimate of drug-likeness (QED) is 0.848. The molecule has 1 aliphatic rings. The molecule has 1 aliphatic heterocycles. The van der Waals surface area contributed by atoms with Gasteiger partial charge in [0, 0.05) is 25.2 Å². The molecule has 1 heterocycles. The van der Waals surface area contributed by atoms with Gasteiger partial charge in [-0.3, -0.25) is 0 Å². The number of anilines is 1. The predicted molar refractivity (Wildman–Crippen MR) is 76.2 cm³/mol. The number of nitrogen functional groups attached to an aromatic ring is 1. The third kappa shape index (κ3) is 2.88. The zero-order valence-electron chi connectivity index (χ0n) is 12.2. The molecule has 2 N–H and O–H groups in total. The Bertz CT molecular complexity index is 649. The lowest BCUT2D eigenvalue weighted by molar-refractivity contribution is 0.263. The Balaban J connectivity index is 2.38. The second kappa shape index (κ2) is 5.51. The van der Waals surface area contributed by atoms with E-state index in [0.717, 1.165) is 6.07 Å². The first-order valence-electron chi connectivity index (χ1n) is 6.55. The minimum Gasteiger partial charge on any atom is -0.396 e. The van der Waals surface area contributed by atoms with Crippen molar-refractivity contribution < 1.29 is 17.2 Å². The highest BCUT2D eigenvalue weighted by atomic mass is 32.2. The molecular formula is C13H19F2N3O2S. The molecule has 1 aromatic rings. The van der Waals surface area contributed by atoms with Crippen LogP contribution in [0.5, 0.6) is 0 Å². The molecule has 0 bridgehead atoms. The van der Waals surface area contributed by atoms with Crippen LogP contribution in [0.3, 0.4) is 0 Å². The number of halogens is 2. The lowest BCUT2D eigenvalue weighted by Gasteiger charge is -2.22. The third-order valence-corrected chi connectivity index (χ3v) is 5.72. The van der Waals surface area contributed by atoms with E-state index in [2.05, 4.69) is 0 Å². The number of sulfonamides is 1. The molecule has 0 saturated carbocycles. The van der Waals surface area contributed by atoms with Gasteiger partial charge in [-0.2, -0.15) is 4.31 Å². The first-order valence-corrected chi connectivity index (χ1v) is 7.99. The van der Waals surface area contributed by atoms with Crippen molar-refractivity contribution in [3.05, 3.63) is 23.8 Å². The Morgan fingerprint density at radius 3 is 2.38 bits per heavy atom. The molecule has 2 unspecified atom stereocenters. The normalized spacial score (nSPS) is 23.9. The first kappa shape index (κ1) is 16.1. The van der Waals surface area contributed by atoms with E-state index < -0.39 is 26.6 Å². The van der Waals surface area contributed by atoms with E-state index >= 15 is 0 Å². The van der Waals surface area contributed by atoms with Crippen LogP contribution in [0.1, 0.15) is 6.92 Å². The fraction of sp³-hybridized carbons (Fsp3) is 0.538. The second-order valence-corrected chi connectivity index (χ2v) is 7.54. The highest BCUT2D eigenvalue weighted by Crippen LogP contribution is 2.29. The zero-order valence-corrected chi connectivity index (χ0v) is 13.0. The smallest absolute Gasteiger partial charge is 0.246 e. The van der Waals surface area contributed by atoms with Gasteiger partial charge in [-0.15, -0.1) is 0 Å². The molecule has 0 radical (unpaired) electrons. The average Bonchev–Trinajstić information content (AvgIpc) is 2.76. The largest absolute Gasteiger partial charge is 0.396 e. The molecule has 118 valence electrons. The van der Waals surface area contributed by atoms with Crippen molar-refractivity contribution >= 4 is 15.7 Å². The summed E-state index contributed by atoms with van der Waals surface area (Å²) in [7, 11) is -0.285. The van der Waals surface area contributed by atoms with Crippen LogP contribution < -0.4 is 5.73 Å². The van der Waals surface area contributed by atoms with Crippen LogP contribution in [-0.2, 0) is 10.0 Å². The molecule has 8 heteroatoms. The fourth-order valence-electron chi connectivity index (χ4n) is 2.66. The topological polar surface area (TPSA) is 66.6 Å². The molecule has 1 fully saturated rings. The number of rotatable bonds is 3. The minimum atomic E-state index is -4.02. The Morgan fingerprint density at radius 2 is 1.86 bits per heavy atom. The third-order valence-electron chi connectivity index (χ3n) is 3.87. The summed E-state index contributed by atoms with van der Waals surface area (Å²) >= 11 is 0. The van der Waals surface area contributed by atoms with Gasteiger partial charge < -0.3 is 10.6 Å². The Kier molecular flexibility index (Phi) is 4.23. The van der Waals surface area contributed by atoms with Crippen LogP contribution in [0.15, 0.2) is 17.0 Å². The van der Waals surface area contributed by atoms with Gasteiger partial charge in [-0.1, -0.05) is 6.92 Å². The van der Waals surface area contributed by atoms with Gasteiger partial charge in [0.1, 0.15) is 16.5 Å². The number of likely N-dealkylation sites (N-methyl/N-ethyl adjacent to an activating group) is 1. The highest BCUT2D eigenvalue weighted by Gasteiger charge is 2.39. The number of nitrogens with two attached hydrogens (primary N) is 1. The summed E-state index contributed by atoms with van der Waals surface area (Å²) in [4.78, 5) is 1.36. The molecule has 5 nitrogen and oxygen atoms in total. The molecule has 1 aromatic carbocycles. The standard InChI is InChI=1S/C13H19F2N3O2S/c1-8-6-18(7-12(8)17(2)3)21(19,20)13-5-11(16)9(14)4-10(13)15/h4-5,8,12H,6-7,16H2,1-3H3. The molecule has 2 atom stereocenters. The van der Waals surface area contributed by atoms with Crippen LogP contribution in [0, 0.1) is 17.6 Å². The minimum absolute atomic E-state index is 0.0561. The molecule has 1 saturated heterocycles. The Hall–Kier alpha value is -1.25. The van der Waals surface area contributed by atoms with Gasteiger partial charge in [0.2, 0.25) is 10.0 Å². The number of hydrogen-bond donors (Lipinski definition) is 1. The van der Waals surface area contributed by atoms with Crippen LogP contribution >= 0.6 is 0 Å². The Labute approximate surface area is 123 Å². The maximum atomic E-state index is 13.8. The van der Waals surface area contributed by atoms with E-state index in [9.17, 15) is 17.2 Å². The van der Waals surface area contributed by atoms with Gasteiger partial charge in [-0.05, 0) is 26.1 Å². The van der Waals surface area contributed by atoms with Gasteiger partial charge in [0.25, 0.3) is 0 Å². The van der Waals surface area contributed by atoms with Crippen molar-refractivity contribution in [1.82, 2.24) is 9.21 Å². The summed E-state index contributed by atoms with van der Waals surface area (Å²) in [6, 6.07) is 1.40. The van der Waals surface area contributed by atoms with Crippen molar-refractivity contribution in [3.63, 3.8) is 0 Å². The van der Waals surface area contributed by atoms with Crippen LogP contribution in [-0.4, -0.2) is 50.8 Å². The maximum absolute atomic E-state index is 13.8. The summed E-state index contributed by atoms with van der Waals surface area (Å²) in [5.74, 6) is -1.97. The lowest BCUT2D eigenvalue weighted by Crippen LogP contribution is -2.36. The van der Waals surface area contributed by atoms with Crippen LogP contribution in [0.4, 0.5) is 14.5 Å². The van der Waals surface area contributed by atoms with E-state index in [0.29, 0.717) is 12.6 Å². The summed E-state index contributed by atoms with van der Waals surface area (Å²) in [5.41, 5.74) is 4.97. The fourth-order valence-corrected chi connectivity index (χ4v) is 4.30. The van der Waals surface area contributed by atoms with Crippen LogP contribution in [0.2, 0.25) is 0 Å². The molecule has 0 spiro atoms. The lowest BCUT2D eigenvalue weighted by atomic mass is 10.1. The van der Waals surface area contributed by atoms with E-state index in [1.54, 1.807) is 0 Å². The van der Waals surface area contributed by atoms with E-state index in [-0.39, 0.29) is 24.2 Å². The Morgan fingerprint density at radius 1 is 1.24 bits per heavy atom. The second-order valence-electron chi connectivity index (χ2n) is 5.63. The number of benzene rings is 1. The van der Waals surface area contributed by atoms with Crippen molar-refractivity contribution in [1.29, 1.82) is 0 Å². The van der Waals surface area contributed by atoms with Gasteiger partial charge in [0.05, 0.1) is 5.69 Å². The van der Waals surface area contributed by atoms with Gasteiger partial charge >= 0.3 is 0 Å². The predicted octanol–water partition coefficient (Wildman–Crippen LogP) is 1.12. The van der Waals surface area contributed by atoms with Crippen molar-refractivity contribution in [3.8, 4) is 0 Å². The van der Waals surface area contributed by atoms with Gasteiger partial charge in [-0.25, -0.2) is 17.2 Å². The number of nitrogens with zero attached hydrogens (tertiary/aromatic N) is 2. The van der Waals surface area contributed by atoms with E-state index in [4.69, 9.17) is 5.73 Å². The van der Waals surface area contributed by atoms with E-state index in [1.807, 2.05) is 25.9 Å². The molecule has 0 amide bonds. The van der Waals surface area contributed by atoms with Gasteiger partial charge in [0.15, 0.2) is 0 Å². The van der Waals surface area contributed by atoms with Crippen molar-refractivity contribution in [2.45, 2.75) is 17.9 Å². The zero-order chi connectivity index (χ0) is 15.9. The summed E-state index contributed by atoms with van der Waals surface area (Å²) in [5, 5.41) is 0. The summed E-state index contributed by atoms with van der Waals surface area (Å²) in [6.07, 6.45) is 0. The summed E-state index contributed by atoms with van der Waals surface area (Å²) in [6.45, 7) is 2.50. The van der Waals surface area contributed by atoms with Crippen LogP contribution in [0.25, 0.3) is 0 Å². The highest BCUT2D eigenvalue weighted by molar-refractivity contribution is 7.89. The molecule has 0 aromatic heterocycles. The molecule has 21 heavy (non-hydrogen) atoms. The molecular weight excluding hydrogens is 300 g/mol. The van der Waals surface area contributed by atoms with Crippen molar-refractivity contribution in [2.75, 3.05) is 32.9 Å². The molecule has 0 aliphatic carbocycles.